The summed E-state index contributed by atoms with van der Waals surface area (Å²) in [4.78, 5) is 2.41. The molecular weight excluding hydrogens is 741 g/mol. The molecule has 3 heteroatoms. The number of aromatic nitrogens is 1. The van der Waals surface area contributed by atoms with Crippen molar-refractivity contribution in [2.24, 2.45) is 0 Å². The van der Waals surface area contributed by atoms with Crippen LogP contribution in [0.5, 0.6) is 0 Å². The Labute approximate surface area is 353 Å². The molecule has 0 aliphatic heterocycles. The Morgan fingerprint density at radius 2 is 0.902 bits per heavy atom. The molecule has 3 nitrogen and oxygen atoms in total. The molecule has 0 saturated carbocycles. The molecule has 0 amide bonds. The summed E-state index contributed by atoms with van der Waals surface area (Å²) < 4.78 is 8.69. The van der Waals surface area contributed by atoms with Crippen LogP contribution in [0.1, 0.15) is 0 Å². The number of nitrogens with zero attached hydrogens (tertiary/aromatic N) is 2. The molecule has 0 bridgehead atoms. The van der Waals surface area contributed by atoms with Crippen molar-refractivity contribution in [2.75, 3.05) is 4.90 Å². The van der Waals surface area contributed by atoms with Crippen molar-refractivity contribution >= 4 is 71.6 Å². The van der Waals surface area contributed by atoms with E-state index in [1.165, 1.54) is 43.7 Å². The first-order chi connectivity index (χ1) is 30.3. The number of rotatable bonds is 7. The molecule has 286 valence electrons. The van der Waals surface area contributed by atoms with Gasteiger partial charge in [-0.15, -0.1) is 0 Å². The van der Waals surface area contributed by atoms with Crippen LogP contribution >= 0.6 is 0 Å². The van der Waals surface area contributed by atoms with Gasteiger partial charge in [-0.25, -0.2) is 0 Å². The summed E-state index contributed by atoms with van der Waals surface area (Å²) in [6.07, 6.45) is 0. The Kier molecular flexibility index (Phi) is 8.17. The third-order valence-electron chi connectivity index (χ3n) is 12.2. The Bertz CT molecular complexity index is 3530. The molecule has 0 saturated heterocycles. The number of furan rings is 1. The summed E-state index contributed by atoms with van der Waals surface area (Å²) >= 11 is 0. The number of benzene rings is 10. The Balaban J connectivity index is 0.983. The number of hydrogen-bond donors (Lipinski definition) is 0. The molecule has 12 aromatic rings. The second kappa shape index (κ2) is 14.3. The van der Waals surface area contributed by atoms with Crippen molar-refractivity contribution in [3.05, 3.63) is 231 Å². The summed E-state index contributed by atoms with van der Waals surface area (Å²) in [6.45, 7) is 0. The highest BCUT2D eigenvalue weighted by atomic mass is 16.3. The molecule has 0 radical (unpaired) electrons. The minimum atomic E-state index is 0.890. The molecule has 2 aromatic heterocycles. The zero-order valence-corrected chi connectivity index (χ0v) is 33.2. The van der Waals surface area contributed by atoms with Crippen molar-refractivity contribution in [1.82, 2.24) is 4.57 Å². The fourth-order valence-electron chi connectivity index (χ4n) is 9.42. The van der Waals surface area contributed by atoms with Gasteiger partial charge in [-0.3, -0.25) is 0 Å². The first-order valence-electron chi connectivity index (χ1n) is 20.8. The van der Waals surface area contributed by atoms with Gasteiger partial charge < -0.3 is 13.9 Å². The van der Waals surface area contributed by atoms with E-state index in [0.29, 0.717) is 0 Å². The van der Waals surface area contributed by atoms with Gasteiger partial charge in [0.1, 0.15) is 11.2 Å². The summed E-state index contributed by atoms with van der Waals surface area (Å²) in [5.41, 5.74) is 15.6. The second-order valence-corrected chi connectivity index (χ2v) is 15.7. The van der Waals surface area contributed by atoms with Crippen LogP contribution in [-0.2, 0) is 0 Å². The number of anilines is 3. The van der Waals surface area contributed by atoms with E-state index in [-0.39, 0.29) is 0 Å². The van der Waals surface area contributed by atoms with E-state index in [0.717, 1.165) is 66.9 Å². The molecule has 0 aliphatic rings. The molecule has 0 fully saturated rings. The lowest BCUT2D eigenvalue weighted by Crippen LogP contribution is -2.11. The van der Waals surface area contributed by atoms with Gasteiger partial charge in [0.2, 0.25) is 0 Å². The maximum atomic E-state index is 6.33. The molecule has 10 aromatic carbocycles. The monoisotopic (exact) mass is 778 g/mol. The highest BCUT2D eigenvalue weighted by Crippen LogP contribution is 2.45. The fraction of sp³-hybridized carbons (Fsp3) is 0. The van der Waals surface area contributed by atoms with E-state index < -0.39 is 0 Å². The summed E-state index contributed by atoms with van der Waals surface area (Å²) in [7, 11) is 0. The van der Waals surface area contributed by atoms with Crippen LogP contribution in [0.4, 0.5) is 17.1 Å². The van der Waals surface area contributed by atoms with Crippen LogP contribution in [0.3, 0.4) is 0 Å². The minimum absolute atomic E-state index is 0.890. The Morgan fingerprint density at radius 3 is 1.69 bits per heavy atom. The molecule has 0 atom stereocenters. The van der Waals surface area contributed by atoms with Crippen LogP contribution in [0.25, 0.3) is 93.6 Å². The highest BCUT2D eigenvalue weighted by Gasteiger charge is 2.20. The third kappa shape index (κ3) is 5.82. The van der Waals surface area contributed by atoms with Crippen molar-refractivity contribution in [1.29, 1.82) is 0 Å². The van der Waals surface area contributed by atoms with Crippen molar-refractivity contribution in [3.63, 3.8) is 0 Å². The predicted octanol–water partition coefficient (Wildman–Crippen LogP) is 16.3. The maximum absolute atomic E-state index is 6.33. The van der Waals surface area contributed by atoms with Gasteiger partial charge >= 0.3 is 0 Å². The minimum Gasteiger partial charge on any atom is -0.456 e. The van der Waals surface area contributed by atoms with E-state index in [1.54, 1.807) is 0 Å². The number of para-hydroxylation sites is 4. The first-order valence-corrected chi connectivity index (χ1v) is 20.8. The third-order valence-corrected chi connectivity index (χ3v) is 12.2. The van der Waals surface area contributed by atoms with Crippen molar-refractivity contribution in [2.45, 2.75) is 0 Å². The largest absolute Gasteiger partial charge is 0.456 e. The number of fused-ring (bicyclic) bond motifs is 7. The molecule has 61 heavy (non-hydrogen) atoms. The zero-order chi connectivity index (χ0) is 40.3. The van der Waals surface area contributed by atoms with Gasteiger partial charge in [0.25, 0.3) is 0 Å². The van der Waals surface area contributed by atoms with Crippen LogP contribution in [0.2, 0.25) is 0 Å². The average Bonchev–Trinajstić information content (AvgIpc) is 3.88. The molecule has 0 aliphatic carbocycles. The SMILES string of the molecule is c1cc(-c2cccc3oc4ccccc4c23)cc(N(c2ccc(-c3ccc(-n4c5ccccc5c5ccccc54)cc3)cc2)c2ccccc2-c2cccc3ccccc23)c1. The summed E-state index contributed by atoms with van der Waals surface area (Å²) in [6, 6.07) is 82.9. The summed E-state index contributed by atoms with van der Waals surface area (Å²) in [5, 5.41) is 7.23. The molecular formula is C58H38N2O. The summed E-state index contributed by atoms with van der Waals surface area (Å²) in [5.74, 6) is 0. The molecule has 12 rings (SSSR count). The molecule has 0 N–H and O–H groups in total. The Morgan fingerprint density at radius 1 is 0.344 bits per heavy atom. The van der Waals surface area contributed by atoms with Gasteiger partial charge in [0.15, 0.2) is 0 Å². The first kappa shape index (κ1) is 34.9. The van der Waals surface area contributed by atoms with E-state index in [4.69, 9.17) is 4.42 Å². The van der Waals surface area contributed by atoms with Gasteiger partial charge in [0, 0.05) is 44.2 Å². The predicted molar refractivity (Wildman–Crippen MR) is 257 cm³/mol. The van der Waals surface area contributed by atoms with Crippen molar-refractivity contribution in [3.8, 4) is 39.1 Å². The van der Waals surface area contributed by atoms with Crippen LogP contribution in [-0.4, -0.2) is 4.57 Å². The van der Waals surface area contributed by atoms with Crippen LogP contribution in [0, 0.1) is 0 Å². The zero-order valence-electron chi connectivity index (χ0n) is 33.2. The van der Waals surface area contributed by atoms with E-state index in [1.807, 2.05) is 12.1 Å². The topological polar surface area (TPSA) is 21.3 Å². The van der Waals surface area contributed by atoms with Crippen LogP contribution in [0.15, 0.2) is 235 Å². The smallest absolute Gasteiger partial charge is 0.136 e. The Hall–Kier alpha value is -8.14. The fourth-order valence-corrected chi connectivity index (χ4v) is 9.42. The lowest BCUT2D eigenvalue weighted by atomic mass is 9.95. The lowest BCUT2D eigenvalue weighted by molar-refractivity contribution is 0.669. The maximum Gasteiger partial charge on any atom is 0.136 e. The normalized spacial score (nSPS) is 11.6. The van der Waals surface area contributed by atoms with E-state index >= 15 is 0 Å². The standard InChI is InChI=1S/C58H38N2O/c1-2-18-46-41(14-1)15-12-24-48(46)49-19-3-7-25-53(49)59(45-17-11-16-42(38-45)47-23-13-29-57-58(47)52-22-6-10-28-56(52)61-57)43-34-30-39(31-35-43)40-32-36-44(37-33-40)60-54-26-8-4-20-50(54)51-21-5-9-27-55(51)60/h1-38H. The molecule has 2 heterocycles. The highest BCUT2D eigenvalue weighted by molar-refractivity contribution is 6.13. The van der Waals surface area contributed by atoms with Gasteiger partial charge in [0.05, 0.1) is 16.7 Å². The van der Waals surface area contributed by atoms with E-state index in [9.17, 15) is 0 Å². The molecule has 0 unspecified atom stereocenters. The average molecular weight is 779 g/mol. The quantitative estimate of drug-likeness (QED) is 0.161. The van der Waals surface area contributed by atoms with Gasteiger partial charge in [-0.1, -0.05) is 164 Å². The number of hydrogen-bond acceptors (Lipinski definition) is 2. The van der Waals surface area contributed by atoms with Crippen LogP contribution < -0.4 is 4.90 Å². The van der Waals surface area contributed by atoms with Crippen molar-refractivity contribution < 1.29 is 4.42 Å². The van der Waals surface area contributed by atoms with Gasteiger partial charge in [-0.05, 0) is 105 Å². The molecule has 0 spiro atoms. The second-order valence-electron chi connectivity index (χ2n) is 15.7. The van der Waals surface area contributed by atoms with E-state index in [2.05, 4.69) is 228 Å². The van der Waals surface area contributed by atoms with Gasteiger partial charge in [-0.2, -0.15) is 0 Å². The lowest BCUT2D eigenvalue weighted by Gasteiger charge is -2.29.